The van der Waals surface area contributed by atoms with E-state index in [4.69, 9.17) is 27.9 Å². The van der Waals surface area contributed by atoms with Crippen LogP contribution in [-0.4, -0.2) is 33.2 Å². The molecule has 0 heterocycles. The van der Waals surface area contributed by atoms with Crippen molar-refractivity contribution >= 4 is 50.5 Å². The van der Waals surface area contributed by atoms with Gasteiger partial charge in [0, 0.05) is 16.8 Å². The van der Waals surface area contributed by atoms with E-state index >= 15 is 0 Å². The normalized spacial score (nSPS) is 12.3. The third-order valence-corrected chi connectivity index (χ3v) is 5.43. The van der Waals surface area contributed by atoms with Crippen molar-refractivity contribution in [1.82, 2.24) is 0 Å². The molecule has 0 aromatic heterocycles. The number of ether oxygens (including phenoxy) is 1. The number of benzene rings is 2. The van der Waals surface area contributed by atoms with Crippen molar-refractivity contribution in [2.24, 2.45) is 0 Å². The van der Waals surface area contributed by atoms with Crippen LogP contribution < -0.4 is 14.4 Å². The minimum absolute atomic E-state index is 0.136. The van der Waals surface area contributed by atoms with E-state index in [1.165, 1.54) is 25.1 Å². The minimum Gasteiger partial charge on any atom is -0.494 e. The molecule has 2 rings (SSSR count). The molecule has 0 spiro atoms. The summed E-state index contributed by atoms with van der Waals surface area (Å²) in [6.45, 7) is 3.81. The zero-order valence-corrected chi connectivity index (χ0v) is 17.4. The van der Waals surface area contributed by atoms with Gasteiger partial charge in [-0.1, -0.05) is 29.3 Å². The second-order valence-corrected chi connectivity index (χ2v) is 8.48. The predicted molar refractivity (Wildman–Crippen MR) is 109 cm³/mol. The van der Waals surface area contributed by atoms with Gasteiger partial charge in [-0.25, -0.2) is 8.42 Å². The third-order valence-electron chi connectivity index (χ3n) is 3.65. The Morgan fingerprint density at radius 2 is 1.93 bits per heavy atom. The van der Waals surface area contributed by atoms with E-state index in [1.54, 1.807) is 24.3 Å². The molecule has 0 radical (unpaired) electrons. The molecular weight excluding hydrogens is 411 g/mol. The first-order valence-corrected chi connectivity index (χ1v) is 10.7. The standard InChI is InChI=1S/C18H20Cl2N2O4S/c1-4-26-15-7-5-6-14(11-15)21-18(23)12(2)22(27(3,24)25)17-10-13(19)8-9-16(17)20/h5-12H,4H2,1-3H3,(H,21,23)/t12-/m0/s1. The summed E-state index contributed by atoms with van der Waals surface area (Å²) in [7, 11) is -3.81. The van der Waals surface area contributed by atoms with Crippen LogP contribution in [-0.2, 0) is 14.8 Å². The van der Waals surface area contributed by atoms with Crippen LogP contribution >= 0.6 is 23.2 Å². The molecule has 2 aromatic carbocycles. The summed E-state index contributed by atoms with van der Waals surface area (Å²) in [6, 6.07) is 10.2. The molecular formula is C18H20Cl2N2O4S. The summed E-state index contributed by atoms with van der Waals surface area (Å²) < 4.78 is 31.1. The maximum Gasteiger partial charge on any atom is 0.247 e. The average molecular weight is 431 g/mol. The van der Waals surface area contributed by atoms with Crippen LogP contribution in [0.3, 0.4) is 0 Å². The highest BCUT2D eigenvalue weighted by atomic mass is 35.5. The van der Waals surface area contributed by atoms with E-state index in [0.717, 1.165) is 10.6 Å². The van der Waals surface area contributed by atoms with Gasteiger partial charge < -0.3 is 10.1 Å². The monoisotopic (exact) mass is 430 g/mol. The van der Waals surface area contributed by atoms with Crippen LogP contribution in [0.1, 0.15) is 13.8 Å². The SMILES string of the molecule is CCOc1cccc(NC(=O)[C@H](C)N(c2cc(Cl)ccc2Cl)S(C)(=O)=O)c1. The van der Waals surface area contributed by atoms with Crippen molar-refractivity contribution in [1.29, 1.82) is 0 Å². The van der Waals surface area contributed by atoms with E-state index in [2.05, 4.69) is 5.32 Å². The molecule has 27 heavy (non-hydrogen) atoms. The highest BCUT2D eigenvalue weighted by Gasteiger charge is 2.31. The molecule has 6 nitrogen and oxygen atoms in total. The van der Waals surface area contributed by atoms with Crippen molar-refractivity contribution in [3.05, 3.63) is 52.5 Å². The van der Waals surface area contributed by atoms with Gasteiger partial charge in [0.05, 0.1) is 23.6 Å². The van der Waals surface area contributed by atoms with Crippen molar-refractivity contribution in [2.75, 3.05) is 22.5 Å². The summed E-state index contributed by atoms with van der Waals surface area (Å²) in [5.41, 5.74) is 0.626. The van der Waals surface area contributed by atoms with Gasteiger partial charge in [-0.2, -0.15) is 0 Å². The Balaban J connectivity index is 2.33. The molecule has 0 unspecified atom stereocenters. The number of carbonyl (C=O) groups excluding carboxylic acids is 1. The van der Waals surface area contributed by atoms with E-state index in [0.29, 0.717) is 23.1 Å². The molecule has 2 aromatic rings. The fraction of sp³-hybridized carbons (Fsp3) is 0.278. The molecule has 0 saturated heterocycles. The van der Waals surface area contributed by atoms with Crippen molar-refractivity contribution < 1.29 is 17.9 Å². The van der Waals surface area contributed by atoms with Gasteiger partial charge in [0.2, 0.25) is 15.9 Å². The molecule has 0 fully saturated rings. The smallest absolute Gasteiger partial charge is 0.247 e. The van der Waals surface area contributed by atoms with E-state index in [1.807, 2.05) is 6.92 Å². The third kappa shape index (κ3) is 5.51. The number of hydrogen-bond acceptors (Lipinski definition) is 4. The van der Waals surface area contributed by atoms with Crippen molar-refractivity contribution in [2.45, 2.75) is 19.9 Å². The second-order valence-electron chi connectivity index (χ2n) is 5.78. The Morgan fingerprint density at radius 1 is 1.22 bits per heavy atom. The largest absolute Gasteiger partial charge is 0.494 e. The van der Waals surface area contributed by atoms with Gasteiger partial charge >= 0.3 is 0 Å². The number of nitrogens with zero attached hydrogens (tertiary/aromatic N) is 1. The summed E-state index contributed by atoms with van der Waals surface area (Å²) in [5, 5.41) is 3.17. The topological polar surface area (TPSA) is 75.7 Å². The van der Waals surface area contributed by atoms with Crippen molar-refractivity contribution in [3.63, 3.8) is 0 Å². The molecule has 146 valence electrons. The lowest BCUT2D eigenvalue weighted by Gasteiger charge is -2.29. The highest BCUT2D eigenvalue weighted by molar-refractivity contribution is 7.92. The number of amides is 1. The van der Waals surface area contributed by atoms with Crippen LogP contribution in [0.15, 0.2) is 42.5 Å². The van der Waals surface area contributed by atoms with Gasteiger partial charge in [0.1, 0.15) is 11.8 Å². The molecule has 1 amide bonds. The number of anilines is 2. The van der Waals surface area contributed by atoms with Gasteiger partial charge in [-0.05, 0) is 44.2 Å². The number of rotatable bonds is 7. The van der Waals surface area contributed by atoms with Crippen LogP contribution in [0.4, 0.5) is 11.4 Å². The first-order valence-electron chi connectivity index (χ1n) is 8.11. The van der Waals surface area contributed by atoms with Crippen LogP contribution in [0.5, 0.6) is 5.75 Å². The van der Waals surface area contributed by atoms with Gasteiger partial charge in [-0.15, -0.1) is 0 Å². The zero-order valence-electron chi connectivity index (χ0n) is 15.1. The number of sulfonamides is 1. The number of hydrogen-bond donors (Lipinski definition) is 1. The first-order chi connectivity index (χ1) is 12.6. The average Bonchev–Trinajstić information content (AvgIpc) is 2.57. The van der Waals surface area contributed by atoms with E-state index in [-0.39, 0.29) is 10.7 Å². The Hall–Kier alpha value is -1.96. The minimum atomic E-state index is -3.81. The summed E-state index contributed by atoms with van der Waals surface area (Å²) >= 11 is 12.1. The first kappa shape index (κ1) is 21.3. The molecule has 1 atom stereocenters. The second kappa shape index (κ2) is 8.82. The zero-order chi connectivity index (χ0) is 20.2. The lowest BCUT2D eigenvalue weighted by atomic mass is 10.2. The predicted octanol–water partition coefficient (Wildman–Crippen LogP) is 4.19. The molecule has 9 heteroatoms. The molecule has 0 saturated carbocycles. The molecule has 0 bridgehead atoms. The lowest BCUT2D eigenvalue weighted by molar-refractivity contribution is -0.116. The van der Waals surface area contributed by atoms with Crippen LogP contribution in [0, 0.1) is 0 Å². The molecule has 0 aliphatic carbocycles. The quantitative estimate of drug-likeness (QED) is 0.714. The Kier molecular flexibility index (Phi) is 6.97. The number of halogens is 2. The summed E-state index contributed by atoms with van der Waals surface area (Å²) in [6.07, 6.45) is 1.00. The molecule has 0 aliphatic rings. The van der Waals surface area contributed by atoms with E-state index < -0.39 is 22.0 Å². The maximum absolute atomic E-state index is 12.7. The Morgan fingerprint density at radius 3 is 2.56 bits per heavy atom. The van der Waals surface area contributed by atoms with Crippen LogP contribution in [0.2, 0.25) is 10.0 Å². The van der Waals surface area contributed by atoms with E-state index in [9.17, 15) is 13.2 Å². The maximum atomic E-state index is 12.7. The Labute approximate surface area is 169 Å². The van der Waals surface area contributed by atoms with Crippen LogP contribution in [0.25, 0.3) is 0 Å². The summed E-state index contributed by atoms with van der Waals surface area (Å²) in [4.78, 5) is 12.7. The number of nitrogens with one attached hydrogen (secondary N) is 1. The van der Waals surface area contributed by atoms with Gasteiger partial charge in [0.15, 0.2) is 0 Å². The lowest BCUT2D eigenvalue weighted by Crippen LogP contribution is -2.45. The highest BCUT2D eigenvalue weighted by Crippen LogP contribution is 2.32. The van der Waals surface area contributed by atoms with Gasteiger partial charge in [0.25, 0.3) is 0 Å². The number of carbonyl (C=O) groups is 1. The van der Waals surface area contributed by atoms with Crippen molar-refractivity contribution in [3.8, 4) is 5.75 Å². The fourth-order valence-corrected chi connectivity index (χ4v) is 4.12. The Bertz CT molecular complexity index is 935. The van der Waals surface area contributed by atoms with Gasteiger partial charge in [-0.3, -0.25) is 9.10 Å². The molecule has 0 aliphatic heterocycles. The fourth-order valence-electron chi connectivity index (χ4n) is 2.51. The summed E-state index contributed by atoms with van der Waals surface area (Å²) in [5.74, 6) is 0.0749. The molecule has 1 N–H and O–H groups in total.